The van der Waals surface area contributed by atoms with Gasteiger partial charge in [0.15, 0.2) is 11.6 Å². The fourth-order valence-corrected chi connectivity index (χ4v) is 7.00. The molecular weight excluding hydrogens is 508 g/mol. The van der Waals surface area contributed by atoms with Gasteiger partial charge < -0.3 is 10.2 Å². The number of benzene rings is 4. The SMILES string of the molecule is O=C(c1ccccc1)[C@@H]1[C@@H](C(=O)c2ccccc2Cl)[C@]2(C(=O)Nc3ccccc32)[C@H]2c3ccccc3C=CN12. The third-order valence-corrected chi connectivity index (χ3v) is 8.65. The standard InChI is InChI=1S/C33H23ClN2O3/c34-25-16-8-6-14-23(25)30(38)27-28(29(37)21-11-2-1-3-12-21)36-19-18-20-10-4-5-13-22(20)31(36)33(27)24-15-7-9-17-26(24)35-32(33)39/h1-19,27-28,31H,(H,35,39)/t27-,28-,31+,33-/m0/s1. The van der Waals surface area contributed by atoms with Crippen LogP contribution < -0.4 is 5.32 Å². The Bertz CT molecular complexity index is 1700. The van der Waals surface area contributed by atoms with Crippen molar-refractivity contribution in [1.82, 2.24) is 4.90 Å². The number of fused-ring (bicyclic) bond motifs is 6. The number of hydrogen-bond donors (Lipinski definition) is 1. The largest absolute Gasteiger partial charge is 0.358 e. The lowest BCUT2D eigenvalue weighted by Crippen LogP contribution is -2.49. The summed E-state index contributed by atoms with van der Waals surface area (Å²) in [7, 11) is 0. The van der Waals surface area contributed by atoms with Gasteiger partial charge in [-0.15, -0.1) is 0 Å². The van der Waals surface area contributed by atoms with Crippen molar-refractivity contribution in [2.24, 2.45) is 5.92 Å². The van der Waals surface area contributed by atoms with Gasteiger partial charge in [-0.2, -0.15) is 0 Å². The number of nitrogens with zero attached hydrogens (tertiary/aromatic N) is 1. The Kier molecular flexibility index (Phi) is 5.32. The van der Waals surface area contributed by atoms with Crippen molar-refractivity contribution >= 4 is 40.8 Å². The zero-order chi connectivity index (χ0) is 26.7. The Hall–Kier alpha value is -4.48. The molecule has 0 radical (unpaired) electrons. The number of para-hydroxylation sites is 1. The normalized spacial score (nSPS) is 24.2. The maximum atomic E-state index is 14.7. The van der Waals surface area contributed by atoms with E-state index in [9.17, 15) is 14.4 Å². The summed E-state index contributed by atoms with van der Waals surface area (Å²) >= 11 is 6.57. The highest BCUT2D eigenvalue weighted by Gasteiger charge is 2.70. The van der Waals surface area contributed by atoms with Gasteiger partial charge in [-0.3, -0.25) is 14.4 Å². The molecular formula is C33H23ClN2O3. The van der Waals surface area contributed by atoms with Crippen LogP contribution in [0.25, 0.3) is 6.08 Å². The van der Waals surface area contributed by atoms with Gasteiger partial charge in [0.25, 0.3) is 0 Å². The van der Waals surface area contributed by atoms with E-state index in [2.05, 4.69) is 5.32 Å². The van der Waals surface area contributed by atoms with Crippen molar-refractivity contribution in [2.45, 2.75) is 17.5 Å². The van der Waals surface area contributed by atoms with Crippen LogP contribution in [0, 0.1) is 5.92 Å². The predicted octanol–water partition coefficient (Wildman–Crippen LogP) is 6.32. The van der Waals surface area contributed by atoms with E-state index in [0.717, 1.165) is 11.1 Å². The van der Waals surface area contributed by atoms with Crippen molar-refractivity contribution in [1.29, 1.82) is 0 Å². The molecule has 4 aromatic carbocycles. The molecule has 39 heavy (non-hydrogen) atoms. The Morgan fingerprint density at radius 2 is 1.49 bits per heavy atom. The van der Waals surface area contributed by atoms with Crippen molar-refractivity contribution in [3.63, 3.8) is 0 Å². The second-order valence-electron chi connectivity index (χ2n) is 10.2. The van der Waals surface area contributed by atoms with Gasteiger partial charge in [-0.05, 0) is 41.0 Å². The molecule has 4 atom stereocenters. The van der Waals surface area contributed by atoms with Crippen molar-refractivity contribution < 1.29 is 14.4 Å². The molecule has 3 aliphatic rings. The van der Waals surface area contributed by atoms with Gasteiger partial charge in [0.05, 0.1) is 17.0 Å². The lowest BCUT2D eigenvalue weighted by atomic mass is 9.62. The summed E-state index contributed by atoms with van der Waals surface area (Å²) in [5, 5.41) is 3.35. The van der Waals surface area contributed by atoms with E-state index in [1.165, 1.54) is 0 Å². The summed E-state index contributed by atoms with van der Waals surface area (Å²) in [5.41, 5.74) is 2.61. The fraction of sp³-hybridized carbons (Fsp3) is 0.121. The van der Waals surface area contributed by atoms with Gasteiger partial charge in [0.2, 0.25) is 5.91 Å². The predicted molar refractivity (Wildman–Crippen MR) is 151 cm³/mol. The second kappa shape index (κ2) is 8.79. The summed E-state index contributed by atoms with van der Waals surface area (Å²) in [6.07, 6.45) is 3.82. The average Bonchev–Trinajstić information content (AvgIpc) is 3.45. The topological polar surface area (TPSA) is 66.5 Å². The molecule has 190 valence electrons. The third-order valence-electron chi connectivity index (χ3n) is 8.32. The van der Waals surface area contributed by atoms with Gasteiger partial charge >= 0.3 is 0 Å². The molecule has 1 saturated heterocycles. The molecule has 0 aromatic heterocycles. The molecule has 0 saturated carbocycles. The number of nitrogens with one attached hydrogen (secondary N) is 1. The van der Waals surface area contributed by atoms with E-state index in [1.807, 2.05) is 71.8 Å². The van der Waals surface area contributed by atoms with Crippen LogP contribution in [-0.4, -0.2) is 28.4 Å². The molecule has 1 amide bonds. The Labute approximate surface area is 230 Å². The van der Waals surface area contributed by atoms with Crippen LogP contribution in [-0.2, 0) is 10.2 Å². The van der Waals surface area contributed by atoms with Crippen LogP contribution in [0.4, 0.5) is 5.69 Å². The van der Waals surface area contributed by atoms with E-state index < -0.39 is 23.4 Å². The Balaban J connectivity index is 1.56. The van der Waals surface area contributed by atoms with Crippen LogP contribution in [0.2, 0.25) is 5.02 Å². The minimum Gasteiger partial charge on any atom is -0.358 e. The summed E-state index contributed by atoms with van der Waals surface area (Å²) in [4.78, 5) is 45.5. The van der Waals surface area contributed by atoms with Gasteiger partial charge in [-0.1, -0.05) is 96.5 Å². The van der Waals surface area contributed by atoms with E-state index >= 15 is 0 Å². The summed E-state index contributed by atoms with van der Waals surface area (Å²) in [5.74, 6) is -1.89. The maximum Gasteiger partial charge on any atom is 0.238 e. The highest BCUT2D eigenvalue weighted by atomic mass is 35.5. The molecule has 0 bridgehead atoms. The number of carbonyl (C=O) groups is 3. The number of amides is 1. The van der Waals surface area contributed by atoms with E-state index in [1.54, 1.807) is 48.5 Å². The molecule has 6 heteroatoms. The number of carbonyl (C=O) groups excluding carboxylic acids is 3. The van der Waals surface area contributed by atoms with Gasteiger partial charge in [-0.25, -0.2) is 0 Å². The highest BCUT2D eigenvalue weighted by molar-refractivity contribution is 6.34. The van der Waals surface area contributed by atoms with Crippen LogP contribution in [0.3, 0.4) is 0 Å². The molecule has 3 heterocycles. The van der Waals surface area contributed by atoms with Gasteiger partial charge in [0.1, 0.15) is 11.5 Å². The minimum atomic E-state index is -1.37. The van der Waals surface area contributed by atoms with E-state index in [4.69, 9.17) is 11.6 Å². The van der Waals surface area contributed by atoms with Crippen LogP contribution >= 0.6 is 11.6 Å². The number of Topliss-reactive ketones (excluding diaryl/α,β-unsaturated/α-hetero) is 2. The minimum absolute atomic E-state index is 0.218. The number of anilines is 1. The zero-order valence-electron chi connectivity index (χ0n) is 20.8. The third kappa shape index (κ3) is 3.23. The molecule has 7 rings (SSSR count). The number of halogens is 1. The van der Waals surface area contributed by atoms with E-state index in [-0.39, 0.29) is 22.5 Å². The summed E-state index contributed by atoms with van der Waals surface area (Å²) < 4.78 is 0. The van der Waals surface area contributed by atoms with Crippen molar-refractivity contribution in [2.75, 3.05) is 5.32 Å². The molecule has 1 fully saturated rings. The van der Waals surface area contributed by atoms with Crippen molar-refractivity contribution in [3.05, 3.63) is 142 Å². The summed E-state index contributed by atoms with van der Waals surface area (Å²) in [6, 6.07) is 29.6. The molecule has 0 unspecified atom stereocenters. The molecule has 1 N–H and O–H groups in total. The first-order chi connectivity index (χ1) is 19.0. The first kappa shape index (κ1) is 23.6. The lowest BCUT2D eigenvalue weighted by Gasteiger charge is -2.38. The quantitative estimate of drug-likeness (QED) is 0.313. The van der Waals surface area contributed by atoms with Crippen molar-refractivity contribution in [3.8, 4) is 0 Å². The van der Waals surface area contributed by atoms with Crippen LogP contribution in [0.5, 0.6) is 0 Å². The molecule has 3 aliphatic heterocycles. The Morgan fingerprint density at radius 3 is 2.31 bits per heavy atom. The number of hydrogen-bond acceptors (Lipinski definition) is 4. The zero-order valence-corrected chi connectivity index (χ0v) is 21.5. The van der Waals surface area contributed by atoms with Crippen LogP contribution in [0.15, 0.2) is 109 Å². The first-order valence-corrected chi connectivity index (χ1v) is 13.2. The molecule has 4 aromatic rings. The second-order valence-corrected chi connectivity index (χ2v) is 10.6. The fourth-order valence-electron chi connectivity index (χ4n) is 6.77. The van der Waals surface area contributed by atoms with Crippen LogP contribution in [0.1, 0.15) is 43.4 Å². The molecule has 5 nitrogen and oxygen atoms in total. The van der Waals surface area contributed by atoms with Gasteiger partial charge in [0, 0.05) is 23.0 Å². The lowest BCUT2D eigenvalue weighted by molar-refractivity contribution is -0.122. The van der Waals surface area contributed by atoms with E-state index in [0.29, 0.717) is 22.4 Å². The smallest absolute Gasteiger partial charge is 0.238 e. The first-order valence-electron chi connectivity index (χ1n) is 12.9. The number of ketones is 2. The molecule has 1 spiro atoms. The monoisotopic (exact) mass is 530 g/mol. The number of rotatable bonds is 4. The maximum absolute atomic E-state index is 14.7. The molecule has 0 aliphatic carbocycles. The summed E-state index contributed by atoms with van der Waals surface area (Å²) in [6.45, 7) is 0. The highest BCUT2D eigenvalue weighted by Crippen LogP contribution is 2.62. The Morgan fingerprint density at radius 1 is 0.795 bits per heavy atom. The average molecular weight is 531 g/mol.